The number of nitrogens with zero attached hydrogens (tertiary/aromatic N) is 1. The topological polar surface area (TPSA) is 89.5 Å². The van der Waals surface area contributed by atoms with E-state index in [4.69, 9.17) is 0 Å². The van der Waals surface area contributed by atoms with Gasteiger partial charge in [0.15, 0.2) is 0 Å². The number of rotatable bonds is 14. The van der Waals surface area contributed by atoms with E-state index < -0.39 is 96.1 Å². The van der Waals surface area contributed by atoms with Crippen molar-refractivity contribution in [3.63, 3.8) is 0 Å². The van der Waals surface area contributed by atoms with Gasteiger partial charge >= 0.3 is 24.7 Å². The van der Waals surface area contributed by atoms with Gasteiger partial charge in [0.25, 0.3) is 11.3 Å². The molecule has 0 saturated carbocycles. The van der Waals surface area contributed by atoms with Crippen molar-refractivity contribution in [2.45, 2.75) is 61.7 Å². The van der Waals surface area contributed by atoms with Crippen molar-refractivity contribution in [3.05, 3.63) is 0 Å². The zero-order chi connectivity index (χ0) is 30.6. The molecule has 0 spiro atoms. The summed E-state index contributed by atoms with van der Waals surface area (Å²) in [5.41, 5.74) is -12.8. The van der Waals surface area contributed by atoms with E-state index in [1.165, 1.54) is 7.05 Å². The maximum Gasteiger partial charge on any atom is 0.431 e. The van der Waals surface area contributed by atoms with Gasteiger partial charge in [-0.25, -0.2) is 21.9 Å². The summed E-state index contributed by atoms with van der Waals surface area (Å²) in [5, 5.41) is 10.4. The first kappa shape index (κ1) is 36.4. The largest absolute Gasteiger partial charge is 0.549 e. The minimum absolute atomic E-state index is 0.109. The average Bonchev–Trinajstić information content (AvgIpc) is 2.65. The van der Waals surface area contributed by atoms with Crippen LogP contribution in [0.1, 0.15) is 25.7 Å². The Hall–Kier alpha value is -1.64. The van der Waals surface area contributed by atoms with Crippen LogP contribution in [0, 0.1) is 5.92 Å². The van der Waals surface area contributed by atoms with E-state index in [-0.39, 0.29) is 13.0 Å². The van der Waals surface area contributed by atoms with Gasteiger partial charge in [-0.15, -0.1) is 0 Å². The van der Waals surface area contributed by atoms with Gasteiger partial charge in [0.2, 0.25) is 10.0 Å². The third-order valence-electron chi connectivity index (χ3n) is 5.17. The molecule has 0 aromatic rings. The van der Waals surface area contributed by atoms with Crippen molar-refractivity contribution in [2.75, 3.05) is 32.4 Å². The van der Waals surface area contributed by atoms with Crippen molar-refractivity contribution in [1.82, 2.24) is 9.62 Å². The second kappa shape index (κ2) is 12.3. The molecule has 0 radical (unpaired) electrons. The fourth-order valence-corrected chi connectivity index (χ4v) is 4.37. The van der Waals surface area contributed by atoms with E-state index in [9.17, 15) is 79.8 Å². The number of carboxylic acid groups (broad SMARTS) is 1. The van der Waals surface area contributed by atoms with Crippen molar-refractivity contribution in [3.8, 4) is 0 Å². The van der Waals surface area contributed by atoms with Crippen molar-refractivity contribution < 1.29 is 79.8 Å². The van der Waals surface area contributed by atoms with Gasteiger partial charge in [-0.1, -0.05) is 0 Å². The molecular weight excluding hydrogens is 594 g/mol. The highest BCUT2D eigenvalue weighted by Gasteiger charge is 2.75. The smallest absolute Gasteiger partial charge is 0.431 e. The van der Waals surface area contributed by atoms with E-state index >= 15 is 0 Å². The molecule has 1 N–H and O–H groups in total. The zero-order valence-electron chi connectivity index (χ0n) is 19.0. The van der Waals surface area contributed by atoms with Crippen LogP contribution in [-0.4, -0.2) is 87.8 Å². The number of carboxylic acids is 1. The summed E-state index contributed by atoms with van der Waals surface area (Å²) in [5.74, 6) is -6.60. The Kier molecular flexibility index (Phi) is 11.7. The zero-order valence-corrected chi connectivity index (χ0v) is 19.8. The molecule has 0 aromatic carbocycles. The second-order valence-corrected chi connectivity index (χ2v) is 10.3. The van der Waals surface area contributed by atoms with E-state index in [1.807, 2.05) is 0 Å². The van der Waals surface area contributed by atoms with Crippen molar-refractivity contribution in [2.24, 2.45) is 5.92 Å². The number of carbonyl (C=O) groups excluding carboxylic acids is 1. The summed E-state index contributed by atoms with van der Waals surface area (Å²) < 4.78 is 208. The third-order valence-corrected chi connectivity index (χ3v) is 6.59. The number of nitrogens with one attached hydrogen (secondary N) is 1. The number of sulfonamides is 1. The van der Waals surface area contributed by atoms with Gasteiger partial charge < -0.3 is 14.8 Å². The molecule has 0 aliphatic heterocycles. The summed E-state index contributed by atoms with van der Waals surface area (Å²) in [6.07, 6.45) is -36.1. The Morgan fingerprint density at radius 2 is 1.16 bits per heavy atom. The molecule has 0 aromatic heterocycles. The lowest BCUT2D eigenvalue weighted by Gasteiger charge is -2.37. The molecule has 0 amide bonds. The van der Waals surface area contributed by atoms with Crippen LogP contribution in [0.15, 0.2) is 0 Å². The number of carbonyl (C=O) groups is 1. The Morgan fingerprint density at radius 3 is 1.47 bits per heavy atom. The first-order valence-corrected chi connectivity index (χ1v) is 11.8. The van der Waals surface area contributed by atoms with Gasteiger partial charge in [-0.05, 0) is 32.4 Å². The first-order chi connectivity index (χ1) is 16.6. The Bertz CT molecular complexity index is 815. The van der Waals surface area contributed by atoms with Crippen LogP contribution >= 0.6 is 0 Å². The highest BCUT2D eigenvalue weighted by atomic mass is 32.2. The summed E-state index contributed by atoms with van der Waals surface area (Å²) in [6, 6.07) is 0. The number of aliphatic carboxylic acids is 1. The molecule has 6 nitrogen and oxygen atoms in total. The summed E-state index contributed by atoms with van der Waals surface area (Å²) in [6.45, 7) is -1.27. The van der Waals surface area contributed by atoms with E-state index in [1.54, 1.807) is 4.72 Å². The Labute approximate surface area is 206 Å². The summed E-state index contributed by atoms with van der Waals surface area (Å²) in [7, 11) is -3.56. The van der Waals surface area contributed by atoms with Gasteiger partial charge in [-0.3, -0.25) is 0 Å². The lowest BCUT2D eigenvalue weighted by Crippen LogP contribution is -2.57. The quantitative estimate of drug-likeness (QED) is 0.239. The summed E-state index contributed by atoms with van der Waals surface area (Å²) in [4.78, 5) is 11.5. The number of halogens is 14. The molecule has 0 fully saturated rings. The minimum atomic E-state index is -6.92. The van der Waals surface area contributed by atoms with Crippen LogP contribution in [0.2, 0.25) is 0 Å². The SMILES string of the molecule is CN(CCCNS(=O)(=O)CCC(CC(F)(C(F)(F)F)C(F)(F)F)CC(F)(C(F)(F)F)C(F)(F)F)CC(=O)[O-]. The first-order valence-electron chi connectivity index (χ1n) is 10.1. The number of likely N-dealkylation sites (N-methyl/N-ethyl adjacent to an activating group) is 1. The summed E-state index contributed by atoms with van der Waals surface area (Å²) >= 11 is 0. The minimum Gasteiger partial charge on any atom is -0.549 e. The molecule has 0 rings (SSSR count). The predicted octanol–water partition coefficient (Wildman–Crippen LogP) is 3.43. The molecule has 0 saturated heterocycles. The molecule has 0 bridgehead atoms. The van der Waals surface area contributed by atoms with Crippen LogP contribution in [0.3, 0.4) is 0 Å². The van der Waals surface area contributed by atoms with Crippen LogP contribution in [0.4, 0.5) is 61.5 Å². The highest BCUT2D eigenvalue weighted by Crippen LogP contribution is 2.54. The highest BCUT2D eigenvalue weighted by molar-refractivity contribution is 7.89. The molecule has 0 unspecified atom stereocenters. The van der Waals surface area contributed by atoms with Crippen molar-refractivity contribution in [1.29, 1.82) is 0 Å². The number of alkyl halides is 14. The lowest BCUT2D eigenvalue weighted by atomic mass is 9.81. The van der Waals surface area contributed by atoms with E-state index in [2.05, 4.69) is 0 Å². The molecule has 0 aliphatic rings. The van der Waals surface area contributed by atoms with E-state index in [0.29, 0.717) is 0 Å². The molecule has 0 heterocycles. The van der Waals surface area contributed by atoms with Crippen LogP contribution in [0.25, 0.3) is 0 Å². The van der Waals surface area contributed by atoms with Crippen LogP contribution in [0.5, 0.6) is 0 Å². The average molecular weight is 615 g/mol. The molecule has 228 valence electrons. The van der Waals surface area contributed by atoms with Crippen molar-refractivity contribution >= 4 is 16.0 Å². The molecule has 21 heteroatoms. The molecule has 38 heavy (non-hydrogen) atoms. The maximum atomic E-state index is 14.1. The third kappa shape index (κ3) is 9.83. The molecule has 0 atom stereocenters. The second-order valence-electron chi connectivity index (χ2n) is 8.33. The fraction of sp³-hybridized carbons (Fsp3) is 0.941. The van der Waals surface area contributed by atoms with Gasteiger partial charge in [0.05, 0.1) is 11.7 Å². The normalized spacial score (nSPS) is 15.0. The lowest BCUT2D eigenvalue weighted by molar-refractivity contribution is -0.356. The van der Waals surface area contributed by atoms with E-state index in [0.717, 1.165) is 4.90 Å². The fourth-order valence-electron chi connectivity index (χ4n) is 3.13. The standard InChI is InChI=1S/C17H22F14N2O4S/c1-33(9-11(34)35)5-2-4-32-38(36,37)6-3-10(7-12(18,14(20,21)22)15(23,24)25)8-13(19,16(26,27)28)17(29,30)31/h10,32H,2-9H2,1H3,(H,34,35)/p-1. The number of hydrogen-bond acceptors (Lipinski definition) is 5. The Morgan fingerprint density at radius 1 is 0.789 bits per heavy atom. The molecular formula is C17H21F14N2O4S-. The Balaban J connectivity index is 5.95. The predicted molar refractivity (Wildman–Crippen MR) is 98.1 cm³/mol. The van der Waals surface area contributed by atoms with Gasteiger partial charge in [0.1, 0.15) is 0 Å². The molecule has 0 aliphatic carbocycles. The maximum absolute atomic E-state index is 14.1. The monoisotopic (exact) mass is 615 g/mol. The van der Waals surface area contributed by atoms with Gasteiger partial charge in [0, 0.05) is 25.9 Å². The van der Waals surface area contributed by atoms with Crippen LogP contribution in [-0.2, 0) is 14.8 Å². The number of hydrogen-bond donors (Lipinski definition) is 1. The van der Waals surface area contributed by atoms with Gasteiger partial charge in [-0.2, -0.15) is 52.7 Å². The van der Waals surface area contributed by atoms with Crippen LogP contribution < -0.4 is 9.83 Å².